The lowest BCUT2D eigenvalue weighted by Gasteiger charge is -2.38. The Bertz CT molecular complexity index is 788. The summed E-state index contributed by atoms with van der Waals surface area (Å²) in [7, 11) is 0. The predicted octanol–water partition coefficient (Wildman–Crippen LogP) is 5.38. The molecule has 147 valence electrons. The van der Waals surface area contributed by atoms with E-state index in [1.165, 1.54) is 16.1 Å². The molecule has 0 unspecified atom stereocenters. The fraction of sp³-hybridized carbons (Fsp3) is 0.389. The zero-order valence-corrected chi connectivity index (χ0v) is 17.7. The average Bonchev–Trinajstić information content (AvgIpc) is 2.52. The van der Waals surface area contributed by atoms with Crippen LogP contribution >= 0.6 is 34.8 Å². The monoisotopic (exact) mass is 432 g/mol. The highest BCUT2D eigenvalue weighted by molar-refractivity contribution is 6.36. The fourth-order valence-corrected chi connectivity index (χ4v) is 3.06. The van der Waals surface area contributed by atoms with Crippen LogP contribution in [-0.2, 0) is 4.74 Å². The molecule has 9 heteroatoms. The van der Waals surface area contributed by atoms with E-state index in [0.717, 1.165) is 0 Å². The number of nitrogens with zero attached hydrogens (tertiary/aromatic N) is 3. The minimum atomic E-state index is -0.726. The van der Waals surface area contributed by atoms with Crippen LogP contribution in [0.1, 0.15) is 34.1 Å². The maximum Gasteiger partial charge on any atom is 0.434 e. The summed E-state index contributed by atoms with van der Waals surface area (Å²) < 4.78 is 5.54. The van der Waals surface area contributed by atoms with Gasteiger partial charge in [-0.15, -0.1) is 0 Å². The summed E-state index contributed by atoms with van der Waals surface area (Å²) in [5.74, 6) is 0.429. The number of aliphatic hydroxyl groups is 1. The van der Waals surface area contributed by atoms with Crippen LogP contribution < -0.4 is 5.01 Å². The molecule has 1 aliphatic heterocycles. The first-order chi connectivity index (χ1) is 12.5. The van der Waals surface area contributed by atoms with Gasteiger partial charge in [0.1, 0.15) is 23.1 Å². The number of halogens is 3. The molecule has 6 nitrogen and oxygen atoms in total. The van der Waals surface area contributed by atoms with E-state index in [9.17, 15) is 9.90 Å². The van der Waals surface area contributed by atoms with Crippen molar-refractivity contribution in [3.63, 3.8) is 0 Å². The second kappa shape index (κ2) is 8.69. The van der Waals surface area contributed by atoms with Gasteiger partial charge in [-0.05, 0) is 57.9 Å². The van der Waals surface area contributed by atoms with E-state index in [0.29, 0.717) is 22.1 Å². The normalized spacial score (nSPS) is 15.0. The molecule has 1 aromatic rings. The first-order valence-corrected chi connectivity index (χ1v) is 9.34. The summed E-state index contributed by atoms with van der Waals surface area (Å²) in [5.41, 5.74) is 0.210. The standard InChI is InChI=1S/C18H21Cl3N3O3/c1-11-22-16(21)12(7-8-25)10-23(11)24(17(26)27-18(2,3)4)15-6-5-13(19)9-14(15)20/h5-6,9-10,25H,7-8H2,1-4H3. The maximum atomic E-state index is 13.0. The summed E-state index contributed by atoms with van der Waals surface area (Å²) in [6.45, 7) is 8.49. The Balaban J connectivity index is 2.50. The lowest BCUT2D eigenvalue weighted by molar-refractivity contribution is 0.0524. The number of hydrogen-bond donors (Lipinski definition) is 1. The highest BCUT2D eigenvalue weighted by Gasteiger charge is 2.33. The number of benzene rings is 1. The molecule has 1 amide bonds. The van der Waals surface area contributed by atoms with Gasteiger partial charge in [-0.25, -0.2) is 9.79 Å². The largest absolute Gasteiger partial charge is 0.442 e. The van der Waals surface area contributed by atoms with Gasteiger partial charge >= 0.3 is 6.09 Å². The maximum absolute atomic E-state index is 13.0. The first kappa shape index (κ1) is 21.8. The molecule has 0 fully saturated rings. The van der Waals surface area contributed by atoms with Crippen molar-refractivity contribution in [2.75, 3.05) is 11.6 Å². The summed E-state index contributed by atoms with van der Waals surface area (Å²) in [6, 6.07) is 4.76. The Morgan fingerprint density at radius 2 is 1.96 bits per heavy atom. The SMILES string of the molecule is CC1=NC(Cl)=C(CCO)[CH]N1N(C(=O)OC(C)(C)C)c1ccc(Cl)cc1Cl. The van der Waals surface area contributed by atoms with Crippen LogP contribution in [0.15, 0.2) is 33.9 Å². The molecule has 1 aromatic carbocycles. The molecule has 1 aliphatic rings. The molecule has 1 heterocycles. The minimum absolute atomic E-state index is 0.113. The van der Waals surface area contributed by atoms with Crippen molar-refractivity contribution in [1.29, 1.82) is 0 Å². The van der Waals surface area contributed by atoms with Crippen molar-refractivity contribution < 1.29 is 14.6 Å². The topological polar surface area (TPSA) is 65.4 Å². The van der Waals surface area contributed by atoms with E-state index >= 15 is 0 Å². The van der Waals surface area contributed by atoms with Gasteiger partial charge in [0, 0.05) is 11.6 Å². The second-order valence-corrected chi connectivity index (χ2v) is 8.01. The Morgan fingerprint density at radius 3 is 2.52 bits per heavy atom. The first-order valence-electron chi connectivity index (χ1n) is 8.20. The number of rotatable bonds is 4. The molecule has 0 saturated carbocycles. The molecule has 1 radical (unpaired) electrons. The predicted molar refractivity (Wildman–Crippen MR) is 109 cm³/mol. The zero-order chi connectivity index (χ0) is 20.4. The van der Waals surface area contributed by atoms with E-state index in [2.05, 4.69) is 4.99 Å². The molecule has 0 spiro atoms. The van der Waals surface area contributed by atoms with Crippen LogP contribution in [0, 0.1) is 6.54 Å². The Labute approximate surface area is 173 Å². The van der Waals surface area contributed by atoms with Crippen LogP contribution in [0.5, 0.6) is 0 Å². The van der Waals surface area contributed by atoms with E-state index in [1.54, 1.807) is 46.4 Å². The van der Waals surface area contributed by atoms with Crippen LogP contribution in [-0.4, -0.2) is 34.3 Å². The zero-order valence-electron chi connectivity index (χ0n) is 15.5. The smallest absolute Gasteiger partial charge is 0.434 e. The summed E-state index contributed by atoms with van der Waals surface area (Å²) in [6.07, 6.45) is -0.373. The van der Waals surface area contributed by atoms with Crippen molar-refractivity contribution in [3.8, 4) is 0 Å². The number of amides is 1. The Kier molecular flexibility index (Phi) is 7.03. The van der Waals surface area contributed by atoms with E-state index in [1.807, 2.05) is 0 Å². The number of carbonyl (C=O) groups excluding carboxylic acids is 1. The van der Waals surface area contributed by atoms with Crippen molar-refractivity contribution in [1.82, 2.24) is 5.01 Å². The van der Waals surface area contributed by atoms with Gasteiger partial charge in [0.25, 0.3) is 0 Å². The second-order valence-electron chi connectivity index (χ2n) is 6.81. The molecule has 0 bridgehead atoms. The van der Waals surface area contributed by atoms with Gasteiger partial charge in [0.15, 0.2) is 0 Å². The number of aliphatic imine (C=N–C) groups is 1. The number of amidine groups is 1. The third-order valence-corrected chi connectivity index (χ3v) is 4.30. The third kappa shape index (κ3) is 5.51. The molecule has 2 rings (SSSR count). The van der Waals surface area contributed by atoms with Crippen molar-refractivity contribution in [2.24, 2.45) is 4.99 Å². The highest BCUT2D eigenvalue weighted by Crippen LogP contribution is 2.34. The molecule has 0 aliphatic carbocycles. The van der Waals surface area contributed by atoms with Gasteiger partial charge in [0.2, 0.25) is 0 Å². The summed E-state index contributed by atoms with van der Waals surface area (Å²) in [5, 5.41) is 13.0. The van der Waals surface area contributed by atoms with Crippen LogP contribution in [0.4, 0.5) is 10.5 Å². The summed E-state index contributed by atoms with van der Waals surface area (Å²) >= 11 is 18.5. The molecule has 27 heavy (non-hydrogen) atoms. The van der Waals surface area contributed by atoms with E-state index < -0.39 is 11.7 Å². The number of carbonyl (C=O) groups is 1. The van der Waals surface area contributed by atoms with Crippen molar-refractivity contribution in [3.05, 3.63) is 45.5 Å². The lowest BCUT2D eigenvalue weighted by atomic mass is 10.2. The molecule has 0 saturated heterocycles. The molecule has 0 aromatic heterocycles. The van der Waals surface area contributed by atoms with Crippen LogP contribution in [0.2, 0.25) is 10.0 Å². The summed E-state index contributed by atoms with van der Waals surface area (Å²) in [4.78, 5) is 17.2. The quantitative estimate of drug-likeness (QED) is 0.648. The van der Waals surface area contributed by atoms with Gasteiger partial charge < -0.3 is 9.84 Å². The number of anilines is 1. The third-order valence-electron chi connectivity index (χ3n) is 3.44. The molecule has 1 N–H and O–H groups in total. The van der Waals surface area contributed by atoms with Crippen molar-refractivity contribution in [2.45, 2.75) is 39.7 Å². The molecule has 0 atom stereocenters. The van der Waals surface area contributed by atoms with E-state index in [-0.39, 0.29) is 23.2 Å². The average molecular weight is 434 g/mol. The number of aliphatic hydroxyl groups excluding tert-OH is 1. The van der Waals surface area contributed by atoms with Crippen molar-refractivity contribution >= 4 is 52.4 Å². The van der Waals surface area contributed by atoms with Gasteiger partial charge in [-0.3, -0.25) is 5.01 Å². The molecular weight excluding hydrogens is 413 g/mol. The number of hydrazine groups is 1. The molecular formula is C18H21Cl3N3O3. The number of ether oxygens (including phenoxy) is 1. The van der Waals surface area contributed by atoms with Crippen LogP contribution in [0.3, 0.4) is 0 Å². The van der Waals surface area contributed by atoms with Gasteiger partial charge in [-0.2, -0.15) is 5.01 Å². The Morgan fingerprint density at radius 1 is 1.30 bits per heavy atom. The van der Waals surface area contributed by atoms with Gasteiger partial charge in [-0.1, -0.05) is 34.8 Å². The minimum Gasteiger partial charge on any atom is -0.442 e. The van der Waals surface area contributed by atoms with Crippen LogP contribution in [0.25, 0.3) is 0 Å². The number of hydrogen-bond acceptors (Lipinski definition) is 5. The Hall–Kier alpha value is -1.47. The van der Waals surface area contributed by atoms with E-state index in [4.69, 9.17) is 39.5 Å². The highest BCUT2D eigenvalue weighted by atomic mass is 35.5. The lowest BCUT2D eigenvalue weighted by Crippen LogP contribution is -2.51. The fourth-order valence-electron chi connectivity index (χ4n) is 2.31. The van der Waals surface area contributed by atoms with Gasteiger partial charge in [0.05, 0.1) is 10.7 Å².